The molecule has 0 bridgehead atoms. The Morgan fingerprint density at radius 2 is 1.58 bits per heavy atom. The van der Waals surface area contributed by atoms with Gasteiger partial charge in [0.2, 0.25) is 17.7 Å². The van der Waals surface area contributed by atoms with Gasteiger partial charge in [0.05, 0.1) is 12.4 Å². The molecule has 0 aliphatic heterocycles. The van der Waals surface area contributed by atoms with Crippen LogP contribution < -0.4 is 21.7 Å². The Labute approximate surface area is 263 Å². The van der Waals surface area contributed by atoms with Crippen LogP contribution in [0.1, 0.15) is 23.2 Å². The molecule has 9 N–H and O–H groups in total. The van der Waals surface area contributed by atoms with Crippen molar-refractivity contribution in [1.82, 2.24) is 30.9 Å². The molecular formula is C31H37N7O6S. The maximum atomic E-state index is 13.7. The molecule has 0 aliphatic rings. The summed E-state index contributed by atoms with van der Waals surface area (Å²) in [4.78, 5) is 62.4. The molecule has 0 aliphatic carbocycles. The number of nitrogens with two attached hydrogens (primary N) is 1. The van der Waals surface area contributed by atoms with Crippen molar-refractivity contribution in [2.24, 2.45) is 5.73 Å². The van der Waals surface area contributed by atoms with Crippen LogP contribution in [-0.4, -0.2) is 85.0 Å². The molecule has 4 unspecified atom stereocenters. The fraction of sp³-hybridized carbons (Fsp3) is 0.323. The molecule has 4 aromatic rings. The number of fused-ring (bicyclic) bond motifs is 1. The van der Waals surface area contributed by atoms with Crippen molar-refractivity contribution < 1.29 is 29.4 Å². The van der Waals surface area contributed by atoms with E-state index in [4.69, 9.17) is 5.73 Å². The number of aromatic amines is 2. The first-order valence-electron chi connectivity index (χ1n) is 14.3. The van der Waals surface area contributed by atoms with E-state index in [0.29, 0.717) is 17.0 Å². The molecule has 238 valence electrons. The van der Waals surface area contributed by atoms with Gasteiger partial charge in [-0.2, -0.15) is 11.8 Å². The van der Waals surface area contributed by atoms with Crippen molar-refractivity contribution in [2.75, 3.05) is 12.0 Å². The molecule has 2 aromatic heterocycles. The summed E-state index contributed by atoms with van der Waals surface area (Å²) in [6.07, 6.45) is 7.11. The van der Waals surface area contributed by atoms with E-state index in [-0.39, 0.29) is 31.4 Å². The van der Waals surface area contributed by atoms with Crippen molar-refractivity contribution in [2.45, 2.75) is 49.9 Å². The maximum absolute atomic E-state index is 13.7. The van der Waals surface area contributed by atoms with Crippen LogP contribution in [0.5, 0.6) is 5.75 Å². The number of nitrogens with zero attached hydrogens (tertiary/aromatic N) is 1. The summed E-state index contributed by atoms with van der Waals surface area (Å²) >= 11 is 1.49. The number of nitrogens with one attached hydrogen (secondary N) is 5. The lowest BCUT2D eigenvalue weighted by Crippen LogP contribution is -2.58. The topological polar surface area (TPSA) is 215 Å². The summed E-state index contributed by atoms with van der Waals surface area (Å²) in [5.74, 6) is -2.53. The zero-order valence-corrected chi connectivity index (χ0v) is 25.5. The van der Waals surface area contributed by atoms with Crippen molar-refractivity contribution in [3.63, 3.8) is 0 Å². The van der Waals surface area contributed by atoms with Crippen molar-refractivity contribution >= 4 is 46.4 Å². The van der Waals surface area contributed by atoms with Gasteiger partial charge in [-0.25, -0.2) is 9.78 Å². The van der Waals surface area contributed by atoms with Gasteiger partial charge in [-0.3, -0.25) is 14.4 Å². The Morgan fingerprint density at radius 3 is 2.27 bits per heavy atom. The highest BCUT2D eigenvalue weighted by Gasteiger charge is 2.31. The van der Waals surface area contributed by atoms with E-state index < -0.39 is 47.9 Å². The summed E-state index contributed by atoms with van der Waals surface area (Å²) in [6.45, 7) is 0. The van der Waals surface area contributed by atoms with Gasteiger partial charge in [-0.15, -0.1) is 0 Å². The number of H-pyrrole nitrogens is 2. The van der Waals surface area contributed by atoms with E-state index in [9.17, 15) is 29.4 Å². The average molecular weight is 636 g/mol. The van der Waals surface area contributed by atoms with Crippen molar-refractivity contribution in [3.05, 3.63) is 84.1 Å². The van der Waals surface area contributed by atoms with Crippen LogP contribution in [0.3, 0.4) is 0 Å². The molecule has 4 atom stereocenters. The molecule has 0 saturated carbocycles. The number of phenols is 1. The van der Waals surface area contributed by atoms with Crippen LogP contribution in [-0.2, 0) is 38.4 Å². The van der Waals surface area contributed by atoms with Gasteiger partial charge >= 0.3 is 5.97 Å². The molecule has 0 radical (unpaired) electrons. The molecule has 13 nitrogen and oxygen atoms in total. The molecule has 4 rings (SSSR count). The number of aromatic hydroxyl groups is 1. The van der Waals surface area contributed by atoms with Crippen LogP contribution in [0.2, 0.25) is 0 Å². The minimum Gasteiger partial charge on any atom is -0.508 e. The fourth-order valence-electron chi connectivity index (χ4n) is 4.85. The van der Waals surface area contributed by atoms with Gasteiger partial charge in [-0.1, -0.05) is 30.3 Å². The lowest BCUT2D eigenvalue weighted by Gasteiger charge is -2.25. The predicted octanol–water partition coefficient (Wildman–Crippen LogP) is 1.24. The molecule has 2 heterocycles. The number of aromatic nitrogens is 3. The van der Waals surface area contributed by atoms with E-state index in [2.05, 4.69) is 30.9 Å². The minimum atomic E-state index is -1.31. The van der Waals surface area contributed by atoms with Crippen LogP contribution in [0.4, 0.5) is 0 Å². The molecule has 45 heavy (non-hydrogen) atoms. The van der Waals surface area contributed by atoms with Crippen LogP contribution >= 0.6 is 11.8 Å². The average Bonchev–Trinajstić information content (AvgIpc) is 3.69. The molecule has 0 saturated heterocycles. The van der Waals surface area contributed by atoms with Gasteiger partial charge in [0.15, 0.2) is 0 Å². The van der Waals surface area contributed by atoms with Crippen molar-refractivity contribution in [3.8, 4) is 5.75 Å². The summed E-state index contributed by atoms with van der Waals surface area (Å²) in [5, 5.41) is 28.4. The van der Waals surface area contributed by atoms with Crippen LogP contribution in [0.25, 0.3) is 10.9 Å². The molecule has 14 heteroatoms. The summed E-state index contributed by atoms with van der Waals surface area (Å²) in [7, 11) is 0. The number of carboxylic acids is 1. The lowest BCUT2D eigenvalue weighted by molar-refractivity contribution is -0.142. The second kappa shape index (κ2) is 15.8. The molecule has 2 aromatic carbocycles. The Morgan fingerprint density at radius 1 is 0.889 bits per heavy atom. The second-order valence-corrected chi connectivity index (χ2v) is 11.6. The van der Waals surface area contributed by atoms with E-state index in [1.54, 1.807) is 24.5 Å². The molecule has 3 amide bonds. The number of aliphatic carboxylic acids is 1. The Kier molecular flexibility index (Phi) is 11.6. The number of rotatable bonds is 16. The lowest BCUT2D eigenvalue weighted by atomic mass is 10.0. The highest BCUT2D eigenvalue weighted by molar-refractivity contribution is 7.98. The van der Waals surface area contributed by atoms with Gasteiger partial charge < -0.3 is 41.9 Å². The number of hydrogen-bond acceptors (Lipinski definition) is 8. The number of carbonyl (C=O) groups is 4. The zero-order valence-electron chi connectivity index (χ0n) is 24.7. The highest BCUT2D eigenvalue weighted by atomic mass is 32.2. The molecule has 0 spiro atoms. The quantitative estimate of drug-likeness (QED) is 0.0888. The largest absolute Gasteiger partial charge is 0.508 e. The third-order valence-electron chi connectivity index (χ3n) is 7.30. The Bertz CT molecular complexity index is 1590. The third kappa shape index (κ3) is 9.33. The minimum absolute atomic E-state index is 0.0292. The first-order chi connectivity index (χ1) is 21.6. The van der Waals surface area contributed by atoms with E-state index >= 15 is 0 Å². The van der Waals surface area contributed by atoms with E-state index in [1.165, 1.54) is 30.2 Å². The number of carbonyl (C=O) groups excluding carboxylic acids is 3. The fourth-order valence-corrected chi connectivity index (χ4v) is 5.32. The number of para-hydroxylation sites is 1. The number of imidazole rings is 1. The van der Waals surface area contributed by atoms with E-state index in [1.807, 2.05) is 30.5 Å². The highest BCUT2D eigenvalue weighted by Crippen LogP contribution is 2.20. The van der Waals surface area contributed by atoms with Gasteiger partial charge in [0.25, 0.3) is 0 Å². The number of hydrogen-bond donors (Lipinski definition) is 8. The maximum Gasteiger partial charge on any atom is 0.326 e. The number of thioether (sulfide) groups is 1. The summed E-state index contributed by atoms with van der Waals surface area (Å²) in [5.41, 5.74) is 8.93. The number of carboxylic acid groups (broad SMARTS) is 1. The smallest absolute Gasteiger partial charge is 0.326 e. The van der Waals surface area contributed by atoms with Crippen LogP contribution in [0.15, 0.2) is 67.3 Å². The second-order valence-electron chi connectivity index (χ2n) is 10.6. The first-order valence-corrected chi connectivity index (χ1v) is 15.7. The van der Waals surface area contributed by atoms with Crippen LogP contribution in [0, 0.1) is 0 Å². The Balaban J connectivity index is 1.54. The Hall–Kier alpha value is -4.82. The molecular weight excluding hydrogens is 598 g/mol. The number of amides is 3. The van der Waals surface area contributed by atoms with Gasteiger partial charge in [0, 0.05) is 48.3 Å². The van der Waals surface area contributed by atoms with Gasteiger partial charge in [-0.05, 0) is 47.8 Å². The van der Waals surface area contributed by atoms with E-state index in [0.717, 1.165) is 16.5 Å². The van der Waals surface area contributed by atoms with Gasteiger partial charge in [0.1, 0.15) is 23.9 Å². The number of phenolic OH excluding ortho intramolecular Hbond substituents is 1. The number of benzene rings is 2. The monoisotopic (exact) mass is 635 g/mol. The predicted molar refractivity (Wildman–Crippen MR) is 171 cm³/mol. The zero-order chi connectivity index (χ0) is 32.3. The normalized spacial score (nSPS) is 13.8. The first kappa shape index (κ1) is 33.1. The molecule has 0 fully saturated rings. The summed E-state index contributed by atoms with van der Waals surface area (Å²) < 4.78 is 0. The summed E-state index contributed by atoms with van der Waals surface area (Å²) in [6, 6.07) is 9.05. The third-order valence-corrected chi connectivity index (χ3v) is 7.94. The van der Waals surface area contributed by atoms with Crippen molar-refractivity contribution in [1.29, 1.82) is 0 Å². The standard InChI is InChI=1S/C31H37N7O6S/c1-45-11-10-25(36-28(40)23(32)14-20-16-33-17-35-20)29(41)37-26(13-19-15-34-24-5-3-2-4-22(19)24)30(42)38-27(31(43)44)12-18-6-8-21(39)9-7-18/h2-9,15-17,23,25-27,34,39H,10-14,32H2,1H3,(H,33,35)(H,36,40)(H,37,41)(H,38,42)(H,43,44). The SMILES string of the molecule is CSCCC(NC(=O)C(N)Cc1cnc[nH]1)C(=O)NC(Cc1c[nH]c2ccccc12)C(=O)NC(Cc1ccc(O)cc1)C(=O)O.